The van der Waals surface area contributed by atoms with Gasteiger partial charge in [-0.1, -0.05) is 83.0 Å². The van der Waals surface area contributed by atoms with Crippen LogP contribution in [0, 0.1) is 27.7 Å². The van der Waals surface area contributed by atoms with Gasteiger partial charge in [-0.3, -0.25) is 9.59 Å². The monoisotopic (exact) mass is 612 g/mol. The Morgan fingerprint density at radius 3 is 1.71 bits per heavy atom. The molecule has 1 aliphatic heterocycles. The number of carbonyl (C=O) groups is 2. The number of hydrogen-bond acceptors (Lipinski definition) is 4. The maximum absolute atomic E-state index is 12.1. The molecule has 8 bridgehead atoms. The van der Waals surface area contributed by atoms with Gasteiger partial charge in [-0.15, -0.1) is 44.2 Å². The molecule has 0 saturated heterocycles. The molecule has 9 heteroatoms. The SMILES string of the molecule is C=Cc1c2[n-]c(c1C)/C=c1\[n-]/c(c(CCC(=O)OC)c1C)=C\c1[n-]c(c(C)c1CCC(=O)OC)/C=c1\[n-]/c(c(C)c1C=C)=C\2.[Mg+2]. The minimum Gasteiger partial charge on any atom is -0.657 e. The maximum Gasteiger partial charge on any atom is 2.00 e. The largest absolute Gasteiger partial charge is 2.00 e. The van der Waals surface area contributed by atoms with E-state index in [0.717, 1.165) is 77.6 Å². The molecule has 0 fully saturated rings. The van der Waals surface area contributed by atoms with Crippen molar-refractivity contribution >= 4 is 71.4 Å². The van der Waals surface area contributed by atoms with E-state index >= 15 is 0 Å². The summed E-state index contributed by atoms with van der Waals surface area (Å²) in [5.74, 6) is -0.589. The van der Waals surface area contributed by atoms with Crippen LogP contribution in [0.3, 0.4) is 0 Å². The standard InChI is InChI=1S/C36H36N4O4.Mg/c1-9-23-19(3)27-15-28-21(5)25(11-13-35(41)43-7)33(39-28)18-34-26(12-14-36(42)44-8)22(6)30(40-34)17-32-24(10-2)20(4)29(38-32)16-31(23)37-27;/h9-10,15-18H,1-2,11-14H2,3-8H3;/q-4;+2/b27-15?,28-15-,29-16-,30-17?,31-16?,32-17-,33-18-,34-18?;. The first-order valence-electron chi connectivity index (χ1n) is 14.5. The summed E-state index contributed by atoms with van der Waals surface area (Å²) < 4.78 is 9.86. The van der Waals surface area contributed by atoms with Crippen LogP contribution < -0.4 is 41.3 Å². The minimum absolute atomic E-state index is 0. The fourth-order valence-electron chi connectivity index (χ4n) is 5.81. The van der Waals surface area contributed by atoms with Crippen molar-refractivity contribution in [2.24, 2.45) is 0 Å². The third-order valence-corrected chi connectivity index (χ3v) is 8.50. The predicted octanol–water partition coefficient (Wildman–Crippen LogP) is 1.49. The van der Waals surface area contributed by atoms with E-state index in [2.05, 4.69) is 13.2 Å². The van der Waals surface area contributed by atoms with Crippen molar-refractivity contribution in [3.05, 3.63) is 102 Å². The third-order valence-electron chi connectivity index (χ3n) is 8.50. The number of carbonyl (C=O) groups excluding carboxylic acids is 2. The molecule has 0 unspecified atom stereocenters. The zero-order chi connectivity index (χ0) is 31.7. The van der Waals surface area contributed by atoms with Gasteiger partial charge < -0.3 is 29.4 Å². The number of fused-ring (bicyclic) bond motifs is 8. The normalized spacial score (nSPS) is 14.7. The minimum atomic E-state index is -0.295. The molecule has 228 valence electrons. The molecular weight excluding hydrogens is 577 g/mol. The number of hydrogen-bond donors (Lipinski definition) is 0. The molecule has 0 radical (unpaired) electrons. The maximum atomic E-state index is 12.1. The van der Waals surface area contributed by atoms with Crippen molar-refractivity contribution in [3.8, 4) is 0 Å². The zero-order valence-corrected chi connectivity index (χ0v) is 28.2. The average Bonchev–Trinajstić information content (AvgIpc) is 3.67. The molecule has 45 heavy (non-hydrogen) atoms. The van der Waals surface area contributed by atoms with E-state index in [9.17, 15) is 9.59 Å². The smallest absolute Gasteiger partial charge is 0.657 e. The average molecular weight is 613 g/mol. The molecule has 1 aliphatic rings. The second kappa shape index (κ2) is 13.8. The first-order chi connectivity index (χ1) is 21.1. The van der Waals surface area contributed by atoms with E-state index in [-0.39, 0.29) is 47.8 Å². The Balaban J connectivity index is 0.00000461. The summed E-state index contributed by atoms with van der Waals surface area (Å²) in [6.07, 6.45) is 12.8. The summed E-state index contributed by atoms with van der Waals surface area (Å²) in [6.45, 7) is 16.2. The molecule has 5 rings (SSSR count). The van der Waals surface area contributed by atoms with Crippen LogP contribution in [0.5, 0.6) is 0 Å². The van der Waals surface area contributed by atoms with Gasteiger partial charge in [0.2, 0.25) is 0 Å². The van der Waals surface area contributed by atoms with Gasteiger partial charge in [0.05, 0.1) is 14.2 Å². The van der Waals surface area contributed by atoms with Gasteiger partial charge in [-0.25, -0.2) is 0 Å². The third kappa shape index (κ3) is 6.46. The molecule has 0 aromatic carbocycles. The molecule has 4 aromatic heterocycles. The summed E-state index contributed by atoms with van der Waals surface area (Å²) in [5, 5.41) is 3.02. The molecule has 0 saturated carbocycles. The fourth-order valence-corrected chi connectivity index (χ4v) is 5.81. The van der Waals surface area contributed by atoms with E-state index in [0.29, 0.717) is 23.9 Å². The fraction of sp³-hybridized carbons (Fsp3) is 0.278. The second-order valence-electron chi connectivity index (χ2n) is 11.0. The van der Waals surface area contributed by atoms with Crippen molar-refractivity contribution in [3.63, 3.8) is 0 Å². The number of methoxy groups -OCH3 is 2. The molecule has 0 spiro atoms. The Kier molecular flexibility index (Phi) is 10.3. The Morgan fingerprint density at radius 2 is 1.09 bits per heavy atom. The summed E-state index contributed by atoms with van der Waals surface area (Å²) >= 11 is 0. The van der Waals surface area contributed by atoms with Gasteiger partial charge in [0.1, 0.15) is 0 Å². The van der Waals surface area contributed by atoms with Gasteiger partial charge in [-0.2, -0.15) is 0 Å². The Hall–Kier alpha value is -4.21. The molecule has 0 amide bonds. The second-order valence-corrected chi connectivity index (χ2v) is 11.0. The van der Waals surface area contributed by atoms with Gasteiger partial charge in [0.15, 0.2) is 0 Å². The van der Waals surface area contributed by atoms with Gasteiger partial charge in [0.25, 0.3) is 0 Å². The Morgan fingerprint density at radius 1 is 0.600 bits per heavy atom. The van der Waals surface area contributed by atoms with Crippen LogP contribution in [-0.4, -0.2) is 49.2 Å². The van der Waals surface area contributed by atoms with Crippen molar-refractivity contribution in [1.29, 1.82) is 0 Å². The van der Waals surface area contributed by atoms with Crippen LogP contribution >= 0.6 is 0 Å². The van der Waals surface area contributed by atoms with Crippen molar-refractivity contribution in [2.75, 3.05) is 14.2 Å². The van der Waals surface area contributed by atoms with Crippen LogP contribution in [-0.2, 0) is 31.9 Å². The van der Waals surface area contributed by atoms with Crippen LogP contribution in [0.15, 0.2) is 13.2 Å². The van der Waals surface area contributed by atoms with Crippen molar-refractivity contribution in [2.45, 2.75) is 53.4 Å². The quantitative estimate of drug-likeness (QED) is 0.192. The molecule has 0 N–H and O–H groups in total. The number of ether oxygens (including phenoxy) is 2. The molecule has 0 aliphatic carbocycles. The van der Waals surface area contributed by atoms with Crippen LogP contribution in [0.25, 0.3) is 36.5 Å². The molecule has 4 aromatic rings. The number of nitrogens with zero attached hydrogens (tertiary/aromatic N) is 4. The van der Waals surface area contributed by atoms with E-state index in [1.54, 1.807) is 0 Å². The zero-order valence-electron chi connectivity index (χ0n) is 26.8. The summed E-state index contributed by atoms with van der Waals surface area (Å²) in [5.41, 5.74) is 10.6. The van der Waals surface area contributed by atoms with Crippen LogP contribution in [0.1, 0.15) is 80.1 Å². The van der Waals surface area contributed by atoms with Crippen molar-refractivity contribution in [1.82, 2.24) is 19.9 Å². The topological polar surface area (TPSA) is 109 Å². The molecule has 8 nitrogen and oxygen atoms in total. The van der Waals surface area contributed by atoms with Gasteiger partial charge in [0, 0.05) is 12.8 Å². The molecule has 5 heterocycles. The van der Waals surface area contributed by atoms with Crippen LogP contribution in [0.2, 0.25) is 0 Å². The Bertz CT molecular complexity index is 2070. The summed E-state index contributed by atoms with van der Waals surface area (Å²) in [4.78, 5) is 44.3. The number of esters is 2. The van der Waals surface area contributed by atoms with E-state index in [4.69, 9.17) is 29.4 Å². The number of rotatable bonds is 8. The van der Waals surface area contributed by atoms with Crippen LogP contribution in [0.4, 0.5) is 0 Å². The molecular formula is C36H36MgN4O4-2. The van der Waals surface area contributed by atoms with Gasteiger partial charge >= 0.3 is 35.0 Å². The Labute approximate surface area is 278 Å². The van der Waals surface area contributed by atoms with Gasteiger partial charge in [-0.05, 0) is 51.7 Å². The van der Waals surface area contributed by atoms with E-state index < -0.39 is 0 Å². The first-order valence-corrected chi connectivity index (χ1v) is 14.5. The predicted molar refractivity (Wildman–Crippen MR) is 177 cm³/mol. The first kappa shape index (κ1) is 33.7. The van der Waals surface area contributed by atoms with Crippen molar-refractivity contribution < 1.29 is 19.1 Å². The summed E-state index contributed by atoms with van der Waals surface area (Å²) in [6, 6.07) is 0. The van der Waals surface area contributed by atoms with E-state index in [1.807, 2.05) is 64.2 Å². The number of aromatic nitrogens is 4. The summed E-state index contributed by atoms with van der Waals surface area (Å²) in [7, 11) is 2.78. The molecule has 0 atom stereocenters. The van der Waals surface area contributed by atoms with E-state index in [1.165, 1.54) is 14.2 Å².